The number of carbonyl (C=O) groups is 1. The first-order valence-corrected chi connectivity index (χ1v) is 7.67. The van der Waals surface area contributed by atoms with Crippen molar-refractivity contribution in [3.63, 3.8) is 0 Å². The first-order valence-electron chi connectivity index (χ1n) is 6.87. The Balaban J connectivity index is 1.72. The Bertz CT molecular complexity index is 687. The molecular formula is C16H16BrN3O. The van der Waals surface area contributed by atoms with E-state index in [4.69, 9.17) is 0 Å². The molecule has 0 fully saturated rings. The van der Waals surface area contributed by atoms with Gasteiger partial charge in [-0.15, -0.1) is 0 Å². The fourth-order valence-electron chi connectivity index (χ4n) is 2.52. The minimum atomic E-state index is -0.206. The van der Waals surface area contributed by atoms with Crippen LogP contribution in [-0.2, 0) is 17.8 Å². The molecule has 5 heteroatoms. The van der Waals surface area contributed by atoms with Crippen LogP contribution in [0.1, 0.15) is 16.8 Å². The van der Waals surface area contributed by atoms with Gasteiger partial charge in [-0.3, -0.25) is 4.79 Å². The third-order valence-corrected chi connectivity index (χ3v) is 4.15. The number of nitrogens with zero attached hydrogens (tertiary/aromatic N) is 1. The maximum atomic E-state index is 12.4. The van der Waals surface area contributed by atoms with E-state index in [0.717, 1.165) is 22.5 Å². The second-order valence-corrected chi connectivity index (χ2v) is 5.97. The minimum Gasteiger partial charge on any atom is -0.323 e. The molecule has 21 heavy (non-hydrogen) atoms. The summed E-state index contributed by atoms with van der Waals surface area (Å²) in [7, 11) is 0. The molecule has 0 radical (unpaired) electrons. The Morgan fingerprint density at radius 2 is 2.05 bits per heavy atom. The largest absolute Gasteiger partial charge is 0.323 e. The van der Waals surface area contributed by atoms with Gasteiger partial charge in [-0.1, -0.05) is 24.3 Å². The number of rotatable bonds is 2. The number of nitrogens with one attached hydrogen (secondary N) is 2. The van der Waals surface area contributed by atoms with E-state index in [-0.39, 0.29) is 11.9 Å². The molecule has 1 aliphatic heterocycles. The molecule has 0 saturated carbocycles. The lowest BCUT2D eigenvalue weighted by atomic mass is 9.95. The number of carbonyl (C=O) groups excluding carboxylic acids is 1. The second-order valence-electron chi connectivity index (χ2n) is 5.16. The van der Waals surface area contributed by atoms with Gasteiger partial charge >= 0.3 is 0 Å². The van der Waals surface area contributed by atoms with Crippen molar-refractivity contribution in [2.75, 3.05) is 5.32 Å². The van der Waals surface area contributed by atoms with E-state index >= 15 is 0 Å². The zero-order valence-corrected chi connectivity index (χ0v) is 13.3. The Morgan fingerprint density at radius 3 is 2.81 bits per heavy atom. The van der Waals surface area contributed by atoms with Gasteiger partial charge in [-0.2, -0.15) is 0 Å². The Hall–Kier alpha value is -1.72. The summed E-state index contributed by atoms with van der Waals surface area (Å²) in [4.78, 5) is 16.7. The lowest BCUT2D eigenvalue weighted by molar-refractivity contribution is -0.118. The average Bonchev–Trinajstić information content (AvgIpc) is 2.49. The van der Waals surface area contributed by atoms with Gasteiger partial charge in [0.15, 0.2) is 0 Å². The van der Waals surface area contributed by atoms with Crippen LogP contribution in [-0.4, -0.2) is 16.9 Å². The third kappa shape index (κ3) is 3.14. The van der Waals surface area contributed by atoms with E-state index in [9.17, 15) is 4.79 Å². The van der Waals surface area contributed by atoms with Gasteiger partial charge in [-0.25, -0.2) is 4.98 Å². The fourth-order valence-corrected chi connectivity index (χ4v) is 2.92. The van der Waals surface area contributed by atoms with Gasteiger partial charge < -0.3 is 10.6 Å². The van der Waals surface area contributed by atoms with E-state index < -0.39 is 0 Å². The van der Waals surface area contributed by atoms with Crippen LogP contribution in [0.2, 0.25) is 0 Å². The van der Waals surface area contributed by atoms with E-state index in [0.29, 0.717) is 6.42 Å². The van der Waals surface area contributed by atoms with E-state index in [1.54, 1.807) is 0 Å². The number of pyridine rings is 1. The number of fused-ring (bicyclic) bond motifs is 1. The lowest BCUT2D eigenvalue weighted by Crippen LogP contribution is -2.44. The molecule has 4 nitrogen and oxygen atoms in total. The number of anilines is 1. The van der Waals surface area contributed by atoms with Gasteiger partial charge in [0, 0.05) is 6.54 Å². The predicted molar refractivity (Wildman–Crippen MR) is 86.1 cm³/mol. The molecule has 1 aliphatic rings. The second kappa shape index (κ2) is 5.95. The molecule has 0 saturated heterocycles. The highest BCUT2D eigenvalue weighted by molar-refractivity contribution is 9.10. The molecule has 2 N–H and O–H groups in total. The molecule has 0 spiro atoms. The molecule has 3 rings (SSSR count). The van der Waals surface area contributed by atoms with Crippen molar-refractivity contribution in [1.29, 1.82) is 0 Å². The van der Waals surface area contributed by atoms with Crippen molar-refractivity contribution < 1.29 is 4.79 Å². The molecule has 108 valence electrons. The van der Waals surface area contributed by atoms with Crippen LogP contribution in [0.3, 0.4) is 0 Å². The molecule has 1 atom stereocenters. The van der Waals surface area contributed by atoms with Crippen molar-refractivity contribution >= 4 is 27.5 Å². The molecular weight excluding hydrogens is 330 g/mol. The van der Waals surface area contributed by atoms with E-state index in [1.807, 2.05) is 31.2 Å². The zero-order valence-electron chi connectivity index (χ0n) is 11.7. The first-order chi connectivity index (χ1) is 10.1. The molecule has 2 heterocycles. The quantitative estimate of drug-likeness (QED) is 0.823. The van der Waals surface area contributed by atoms with E-state index in [1.165, 1.54) is 11.1 Å². The van der Waals surface area contributed by atoms with Gasteiger partial charge in [0.2, 0.25) is 5.91 Å². The molecule has 1 amide bonds. The standard InChI is InChI=1S/C16H16BrN3O/c1-10-13(6-7-15(17)19-10)20-16(21)14-8-11-4-2-3-5-12(11)9-18-14/h2-7,14,18H,8-9H2,1H3,(H,20,21)/t14-/m0/s1. The highest BCUT2D eigenvalue weighted by atomic mass is 79.9. The fraction of sp³-hybridized carbons (Fsp3) is 0.250. The third-order valence-electron chi connectivity index (χ3n) is 3.71. The van der Waals surface area contributed by atoms with Crippen molar-refractivity contribution in [3.8, 4) is 0 Å². The number of halogens is 1. The maximum absolute atomic E-state index is 12.4. The average molecular weight is 346 g/mol. The van der Waals surface area contributed by atoms with Crippen LogP contribution in [0, 0.1) is 6.92 Å². The maximum Gasteiger partial charge on any atom is 0.241 e. The topological polar surface area (TPSA) is 54.0 Å². The lowest BCUT2D eigenvalue weighted by Gasteiger charge is -2.25. The molecule has 1 aromatic heterocycles. The van der Waals surface area contributed by atoms with Crippen molar-refractivity contribution in [2.24, 2.45) is 0 Å². The molecule has 0 bridgehead atoms. The van der Waals surface area contributed by atoms with Crippen LogP contribution in [0.5, 0.6) is 0 Å². The smallest absolute Gasteiger partial charge is 0.241 e. The number of hydrogen-bond donors (Lipinski definition) is 2. The van der Waals surface area contributed by atoms with Crippen molar-refractivity contribution in [3.05, 3.63) is 57.8 Å². The molecule has 0 unspecified atom stereocenters. The van der Waals surface area contributed by atoms with Gasteiger partial charge in [0.05, 0.1) is 17.4 Å². The SMILES string of the molecule is Cc1nc(Br)ccc1NC(=O)[C@@H]1Cc2ccccc2CN1. The Labute approximate surface area is 132 Å². The molecule has 2 aromatic rings. The van der Waals surface area contributed by atoms with Crippen LogP contribution < -0.4 is 10.6 Å². The Morgan fingerprint density at radius 1 is 1.29 bits per heavy atom. The summed E-state index contributed by atoms with van der Waals surface area (Å²) in [5.41, 5.74) is 4.06. The molecule has 1 aromatic carbocycles. The van der Waals surface area contributed by atoms with Crippen molar-refractivity contribution in [2.45, 2.75) is 25.9 Å². The van der Waals surface area contributed by atoms with Crippen molar-refractivity contribution in [1.82, 2.24) is 10.3 Å². The van der Waals surface area contributed by atoms with Gasteiger partial charge in [0.25, 0.3) is 0 Å². The van der Waals surface area contributed by atoms with Crippen LogP contribution in [0.4, 0.5) is 5.69 Å². The highest BCUT2D eigenvalue weighted by Gasteiger charge is 2.24. The van der Waals surface area contributed by atoms with Crippen LogP contribution >= 0.6 is 15.9 Å². The zero-order chi connectivity index (χ0) is 14.8. The minimum absolute atomic E-state index is 0.0169. The summed E-state index contributed by atoms with van der Waals surface area (Å²) < 4.78 is 0.766. The summed E-state index contributed by atoms with van der Waals surface area (Å²) >= 11 is 3.32. The number of hydrogen-bond acceptors (Lipinski definition) is 3. The normalized spacial score (nSPS) is 17.1. The van der Waals surface area contributed by atoms with E-state index in [2.05, 4.69) is 43.7 Å². The monoisotopic (exact) mass is 345 g/mol. The summed E-state index contributed by atoms with van der Waals surface area (Å²) in [6.45, 7) is 2.61. The summed E-state index contributed by atoms with van der Waals surface area (Å²) in [5.74, 6) is -0.0169. The number of benzene rings is 1. The summed E-state index contributed by atoms with van der Waals surface area (Å²) in [6.07, 6.45) is 0.713. The molecule has 0 aliphatic carbocycles. The summed E-state index contributed by atoms with van der Waals surface area (Å²) in [6, 6.07) is 11.7. The van der Waals surface area contributed by atoms with Gasteiger partial charge in [0.1, 0.15) is 4.60 Å². The first kappa shape index (κ1) is 14.2. The van der Waals surface area contributed by atoms with Crippen LogP contribution in [0.25, 0.3) is 0 Å². The Kier molecular flexibility index (Phi) is 4.03. The predicted octanol–water partition coefficient (Wildman–Crippen LogP) is 2.81. The number of aromatic nitrogens is 1. The summed E-state index contributed by atoms with van der Waals surface area (Å²) in [5, 5.41) is 6.24. The van der Waals surface area contributed by atoms with Crippen LogP contribution in [0.15, 0.2) is 41.0 Å². The highest BCUT2D eigenvalue weighted by Crippen LogP contribution is 2.19. The van der Waals surface area contributed by atoms with Gasteiger partial charge in [-0.05, 0) is 52.5 Å². The number of amides is 1. The number of aryl methyl sites for hydroxylation is 1.